The van der Waals surface area contributed by atoms with Crippen LogP contribution in [0.1, 0.15) is 36.0 Å². The van der Waals surface area contributed by atoms with Crippen molar-refractivity contribution in [2.75, 3.05) is 30.8 Å². The predicted molar refractivity (Wildman–Crippen MR) is 201 cm³/mol. The summed E-state index contributed by atoms with van der Waals surface area (Å²) in [5.74, 6) is 0. The SMILES string of the molecule is CS(=O)(=O)Nc1ccc(Cc2cc3ccccc3s2)cc1[C@@H]1O[C@H](CO)[C@@H](O)[C@H](O)[C@H]1O.C[C@@H]1O[C@H](CO)[C@@H](O)[C@H](O)[C@H]1O.C[C@@H]1O[C@H](CO)[C@@H](O)[C@H](O)[C@H]1O. The lowest BCUT2D eigenvalue weighted by Gasteiger charge is -2.40. The molecular weight excluding hydrogens is 783 g/mol. The molecule has 0 unspecified atom stereocenters. The van der Waals surface area contributed by atoms with E-state index in [9.17, 15) is 59.5 Å². The Kier molecular flexibility index (Phi) is 16.5. The summed E-state index contributed by atoms with van der Waals surface area (Å²) in [6, 6.07) is 15.2. The van der Waals surface area contributed by atoms with Crippen molar-refractivity contribution in [3.05, 3.63) is 64.5 Å². The Balaban J connectivity index is 0.000000236. The maximum atomic E-state index is 11.9. The monoisotopic (exact) mass is 835 g/mol. The first-order valence-electron chi connectivity index (χ1n) is 17.8. The maximum Gasteiger partial charge on any atom is 0.229 e. The van der Waals surface area contributed by atoms with Gasteiger partial charge in [-0.2, -0.15) is 0 Å². The molecule has 316 valence electrons. The van der Waals surface area contributed by atoms with Crippen LogP contribution in [0.3, 0.4) is 0 Å². The van der Waals surface area contributed by atoms with Gasteiger partial charge in [-0.05, 0) is 43.0 Å². The average Bonchev–Trinajstić information content (AvgIpc) is 3.58. The summed E-state index contributed by atoms with van der Waals surface area (Å²) in [6.45, 7) is 1.84. The molecule has 0 radical (unpaired) electrons. The number of fused-ring (bicyclic) bond motifs is 1. The summed E-state index contributed by atoms with van der Waals surface area (Å²) in [4.78, 5) is 1.11. The van der Waals surface area contributed by atoms with Crippen LogP contribution in [0.4, 0.5) is 5.69 Å². The third-order valence-electron chi connectivity index (χ3n) is 9.73. The minimum absolute atomic E-state index is 0.192. The van der Waals surface area contributed by atoms with E-state index in [-0.39, 0.29) is 18.9 Å². The van der Waals surface area contributed by atoms with E-state index >= 15 is 0 Å². The van der Waals surface area contributed by atoms with E-state index in [0.717, 1.165) is 26.8 Å². The molecule has 18 nitrogen and oxygen atoms in total. The molecule has 20 heteroatoms. The average molecular weight is 836 g/mol. The number of nitrogens with one attached hydrogen (secondary N) is 1. The fourth-order valence-electron chi connectivity index (χ4n) is 6.51. The lowest BCUT2D eigenvalue weighted by Crippen LogP contribution is -2.57. The van der Waals surface area contributed by atoms with Gasteiger partial charge in [0.05, 0.1) is 44.0 Å². The van der Waals surface area contributed by atoms with Crippen molar-refractivity contribution < 1.29 is 83.9 Å². The summed E-state index contributed by atoms with van der Waals surface area (Å²) in [7, 11) is -3.63. The number of aliphatic hydroxyl groups is 12. The Morgan fingerprint density at radius 1 is 0.625 bits per heavy atom. The third-order valence-corrected chi connectivity index (χ3v) is 11.4. The van der Waals surface area contributed by atoms with Crippen LogP contribution < -0.4 is 4.72 Å². The topological polar surface area (TPSA) is 317 Å². The van der Waals surface area contributed by atoms with Crippen LogP contribution in [0.15, 0.2) is 48.5 Å². The van der Waals surface area contributed by atoms with E-state index in [1.54, 1.807) is 43.4 Å². The van der Waals surface area contributed by atoms with Crippen LogP contribution in [0.2, 0.25) is 0 Å². The van der Waals surface area contributed by atoms with Gasteiger partial charge in [0.25, 0.3) is 0 Å². The van der Waals surface area contributed by atoms with Gasteiger partial charge in [-0.1, -0.05) is 30.3 Å². The zero-order chi connectivity index (χ0) is 41.6. The standard InChI is InChI=1S/C22H25NO7S2.2C7H14O5/c1-32(28,29)23-16-7-6-12(8-14-10-13-4-2-3-5-18(13)31-14)9-15(16)22-21(27)20(26)19(25)17(11-24)30-22;2*1-3-5(9)7(11)6(10)4(2-8)12-3/h2-7,9-10,17,19-27H,8,11H2,1H3;2*3-11H,2H2,1H3/t17-,19-,20+,21-,22+;2*3-,4+,5-,6+,7+/m100/s1. The number of hydrogen-bond acceptors (Lipinski definition) is 18. The number of anilines is 1. The molecule has 15 atom stereocenters. The van der Waals surface area contributed by atoms with E-state index in [4.69, 9.17) is 24.4 Å². The molecule has 0 bridgehead atoms. The number of aliphatic hydroxyl groups excluding tert-OH is 12. The zero-order valence-electron chi connectivity index (χ0n) is 30.8. The van der Waals surface area contributed by atoms with Crippen LogP contribution in [-0.2, 0) is 30.7 Å². The Hall–Kier alpha value is -2.45. The van der Waals surface area contributed by atoms with E-state index in [1.165, 1.54) is 0 Å². The van der Waals surface area contributed by atoms with Gasteiger partial charge in [-0.15, -0.1) is 11.3 Å². The quantitative estimate of drug-likeness (QED) is 0.108. The number of benzene rings is 2. The van der Waals surface area contributed by atoms with E-state index in [1.807, 2.05) is 24.3 Å². The predicted octanol–water partition coefficient (Wildman–Crippen LogP) is -2.92. The third kappa shape index (κ3) is 11.2. The first-order valence-corrected chi connectivity index (χ1v) is 20.5. The van der Waals surface area contributed by atoms with Crippen LogP contribution in [0, 0.1) is 0 Å². The highest BCUT2D eigenvalue weighted by Gasteiger charge is 2.45. The normalized spacial score (nSPS) is 36.2. The number of sulfonamides is 1. The highest BCUT2D eigenvalue weighted by atomic mass is 32.2. The van der Waals surface area contributed by atoms with Gasteiger partial charge in [0, 0.05) is 21.6 Å². The summed E-state index contributed by atoms with van der Waals surface area (Å²) in [5.41, 5.74) is 1.35. The van der Waals surface area contributed by atoms with Crippen molar-refractivity contribution in [1.82, 2.24) is 0 Å². The van der Waals surface area contributed by atoms with Gasteiger partial charge < -0.3 is 75.5 Å². The van der Waals surface area contributed by atoms with Crippen molar-refractivity contribution >= 4 is 37.1 Å². The van der Waals surface area contributed by atoms with Crippen molar-refractivity contribution in [2.45, 2.75) is 112 Å². The van der Waals surface area contributed by atoms with Gasteiger partial charge in [0.15, 0.2) is 0 Å². The molecule has 3 saturated heterocycles. The Morgan fingerprint density at radius 3 is 1.59 bits per heavy atom. The highest BCUT2D eigenvalue weighted by molar-refractivity contribution is 7.92. The fraction of sp³-hybridized carbons (Fsp3) is 0.611. The molecule has 56 heavy (non-hydrogen) atoms. The van der Waals surface area contributed by atoms with Gasteiger partial charge in [-0.3, -0.25) is 4.72 Å². The first kappa shape index (κ1) is 46.2. The van der Waals surface area contributed by atoms with Crippen molar-refractivity contribution in [3.8, 4) is 0 Å². The molecule has 6 rings (SSSR count). The maximum absolute atomic E-state index is 11.9. The lowest BCUT2D eigenvalue weighted by molar-refractivity contribution is -0.231. The van der Waals surface area contributed by atoms with Crippen LogP contribution in [-0.4, -0.2) is 181 Å². The van der Waals surface area contributed by atoms with Crippen molar-refractivity contribution in [2.24, 2.45) is 0 Å². The molecule has 13 N–H and O–H groups in total. The molecule has 1 aromatic heterocycles. The minimum atomic E-state index is -3.63. The van der Waals surface area contributed by atoms with Crippen LogP contribution in [0.5, 0.6) is 0 Å². The molecule has 0 spiro atoms. The number of ether oxygens (including phenoxy) is 3. The molecule has 0 aliphatic carbocycles. The first-order chi connectivity index (χ1) is 26.3. The minimum Gasteiger partial charge on any atom is -0.394 e. The van der Waals surface area contributed by atoms with Crippen LogP contribution >= 0.6 is 11.3 Å². The molecule has 3 aromatic rings. The Labute approximate surface area is 327 Å². The molecule has 3 aliphatic heterocycles. The highest BCUT2D eigenvalue weighted by Crippen LogP contribution is 2.38. The molecular formula is C36H53NO17S2. The van der Waals surface area contributed by atoms with E-state index in [2.05, 4.69) is 10.8 Å². The van der Waals surface area contributed by atoms with Gasteiger partial charge in [0.2, 0.25) is 10.0 Å². The lowest BCUT2D eigenvalue weighted by atomic mass is 9.89. The fourth-order valence-corrected chi connectivity index (χ4v) is 8.19. The largest absolute Gasteiger partial charge is 0.394 e. The molecule has 4 heterocycles. The number of rotatable bonds is 8. The molecule has 0 amide bonds. The van der Waals surface area contributed by atoms with E-state index < -0.39 is 108 Å². The summed E-state index contributed by atoms with van der Waals surface area (Å²) >= 11 is 1.65. The van der Waals surface area contributed by atoms with Crippen LogP contribution in [0.25, 0.3) is 10.1 Å². The van der Waals surface area contributed by atoms with Gasteiger partial charge in [-0.25, -0.2) is 8.42 Å². The summed E-state index contributed by atoms with van der Waals surface area (Å²) < 4.78 is 43.1. The van der Waals surface area contributed by atoms with Crippen molar-refractivity contribution in [1.29, 1.82) is 0 Å². The Morgan fingerprint density at radius 2 is 1.11 bits per heavy atom. The second-order valence-electron chi connectivity index (χ2n) is 14.0. The second kappa shape index (κ2) is 20.0. The Bertz CT molecular complexity index is 1720. The molecule has 3 fully saturated rings. The molecule has 3 aliphatic rings. The number of thiophene rings is 1. The summed E-state index contributed by atoms with van der Waals surface area (Å²) in [6.07, 6.45) is -15.1. The molecule has 0 saturated carbocycles. The number of hydrogen-bond donors (Lipinski definition) is 13. The second-order valence-corrected chi connectivity index (χ2v) is 17.0. The summed E-state index contributed by atoms with van der Waals surface area (Å²) in [5, 5.41) is 114. The zero-order valence-corrected chi connectivity index (χ0v) is 32.5. The van der Waals surface area contributed by atoms with E-state index in [0.29, 0.717) is 12.0 Å². The van der Waals surface area contributed by atoms with Gasteiger partial charge in [0.1, 0.15) is 79.4 Å². The van der Waals surface area contributed by atoms with Gasteiger partial charge >= 0.3 is 0 Å². The smallest absolute Gasteiger partial charge is 0.229 e. The van der Waals surface area contributed by atoms with Crippen molar-refractivity contribution in [3.63, 3.8) is 0 Å². The molecule has 2 aromatic carbocycles.